The quantitative estimate of drug-likeness (QED) is 0.0104. The number of esters is 1. The zero-order chi connectivity index (χ0) is 43.6. The molecular formula is C45H81O13P. The van der Waals surface area contributed by atoms with Crippen LogP contribution in [0.25, 0.3) is 0 Å². The van der Waals surface area contributed by atoms with Gasteiger partial charge < -0.3 is 45.0 Å². The normalized spacial score (nSPS) is 23.5. The molecule has 1 rings (SSSR count). The average molecular weight is 861 g/mol. The molecule has 0 radical (unpaired) electrons. The number of aliphatic hydroxyl groups excluding tert-OH is 6. The molecule has 0 aromatic carbocycles. The standard InChI is InChI=1S/C45H81O13P/c1-3-5-7-8-9-10-11-12-13-17-20-23-26-30-34-55-35-38(36-56-59(53,54)58-45-43(51)41(49)40(48)42(50)44(45)52)57-39(47)33-29-25-22-19-16-14-15-18-21-24-28-32-37(46)31-27-6-4-2/h14-15,19,21-22,24,28,32,37-38,40-46,48-52H,3-13,16-18,20,23,25-27,29-31,33-36H2,1-2H3,(H,53,54)/b15-14-,22-19-,24-21-,32-28+. The van der Waals surface area contributed by atoms with E-state index in [0.29, 0.717) is 19.4 Å². The fourth-order valence-corrected chi connectivity index (χ4v) is 7.61. The number of phosphoric ester groups is 1. The largest absolute Gasteiger partial charge is 0.472 e. The van der Waals surface area contributed by atoms with Crippen molar-refractivity contribution in [1.29, 1.82) is 0 Å². The van der Waals surface area contributed by atoms with Gasteiger partial charge in [-0.3, -0.25) is 13.8 Å². The van der Waals surface area contributed by atoms with Crippen LogP contribution in [0, 0.1) is 0 Å². The van der Waals surface area contributed by atoms with Gasteiger partial charge in [0.2, 0.25) is 0 Å². The maximum Gasteiger partial charge on any atom is 0.472 e. The number of ether oxygens (including phenoxy) is 2. The van der Waals surface area contributed by atoms with Crippen molar-refractivity contribution in [1.82, 2.24) is 0 Å². The number of carbonyl (C=O) groups is 1. The van der Waals surface area contributed by atoms with Gasteiger partial charge in [0.25, 0.3) is 0 Å². The Balaban J connectivity index is 2.48. The Hall–Kier alpha value is -1.74. The second-order valence-electron chi connectivity index (χ2n) is 15.8. The smallest absolute Gasteiger partial charge is 0.457 e. The molecule has 0 aliphatic heterocycles. The summed E-state index contributed by atoms with van der Waals surface area (Å²) in [6.45, 7) is 4.06. The molecule has 13 nitrogen and oxygen atoms in total. The van der Waals surface area contributed by atoms with E-state index in [9.17, 15) is 44.9 Å². The summed E-state index contributed by atoms with van der Waals surface area (Å²) in [6.07, 6.45) is 26.5. The average Bonchev–Trinajstić information content (AvgIpc) is 3.21. The molecule has 0 amide bonds. The fourth-order valence-electron chi connectivity index (χ4n) is 6.63. The van der Waals surface area contributed by atoms with Crippen LogP contribution < -0.4 is 0 Å². The van der Waals surface area contributed by atoms with Gasteiger partial charge >= 0.3 is 13.8 Å². The molecule has 7 N–H and O–H groups in total. The molecule has 0 aromatic rings. The number of carbonyl (C=O) groups excluding carboxylic acids is 1. The lowest BCUT2D eigenvalue weighted by atomic mass is 9.85. The van der Waals surface area contributed by atoms with Gasteiger partial charge in [-0.1, -0.05) is 165 Å². The summed E-state index contributed by atoms with van der Waals surface area (Å²) in [5.74, 6) is -0.548. The summed E-state index contributed by atoms with van der Waals surface area (Å²) in [6, 6.07) is 0. The van der Waals surface area contributed by atoms with Gasteiger partial charge in [-0.05, 0) is 38.5 Å². The van der Waals surface area contributed by atoms with Crippen molar-refractivity contribution >= 4 is 13.8 Å². The van der Waals surface area contributed by atoms with Gasteiger partial charge in [0.1, 0.15) is 42.7 Å². The lowest BCUT2D eigenvalue weighted by Crippen LogP contribution is -2.64. The van der Waals surface area contributed by atoms with E-state index in [0.717, 1.165) is 57.8 Å². The zero-order valence-corrected chi connectivity index (χ0v) is 37.0. The van der Waals surface area contributed by atoms with Crippen molar-refractivity contribution in [2.45, 2.75) is 210 Å². The van der Waals surface area contributed by atoms with Crippen LogP contribution in [0.1, 0.15) is 162 Å². The molecule has 1 saturated carbocycles. The van der Waals surface area contributed by atoms with E-state index in [-0.39, 0.29) is 13.0 Å². The molecule has 59 heavy (non-hydrogen) atoms. The lowest BCUT2D eigenvalue weighted by molar-refractivity contribution is -0.220. The van der Waals surface area contributed by atoms with E-state index in [2.05, 4.69) is 26.0 Å². The van der Waals surface area contributed by atoms with Crippen LogP contribution in [-0.4, -0.2) is 110 Å². The van der Waals surface area contributed by atoms with Gasteiger partial charge in [0, 0.05) is 13.0 Å². The van der Waals surface area contributed by atoms with Crippen LogP contribution in [0.5, 0.6) is 0 Å². The number of phosphoric acid groups is 1. The van der Waals surface area contributed by atoms with Crippen LogP contribution >= 0.6 is 7.82 Å². The highest BCUT2D eigenvalue weighted by atomic mass is 31.2. The van der Waals surface area contributed by atoms with Gasteiger partial charge in [0.15, 0.2) is 0 Å². The zero-order valence-electron chi connectivity index (χ0n) is 36.1. The number of rotatable bonds is 37. The van der Waals surface area contributed by atoms with Crippen molar-refractivity contribution in [3.63, 3.8) is 0 Å². The van der Waals surface area contributed by atoms with Crippen molar-refractivity contribution in [3.05, 3.63) is 48.6 Å². The van der Waals surface area contributed by atoms with Crippen LogP contribution in [0.3, 0.4) is 0 Å². The summed E-state index contributed by atoms with van der Waals surface area (Å²) in [5, 5.41) is 60.0. The van der Waals surface area contributed by atoms with E-state index < -0.39 is 69.2 Å². The Kier molecular flexibility index (Phi) is 33.6. The molecule has 1 fully saturated rings. The lowest BCUT2D eigenvalue weighted by Gasteiger charge is -2.41. The predicted octanol–water partition coefficient (Wildman–Crippen LogP) is 7.83. The monoisotopic (exact) mass is 861 g/mol. The molecule has 0 bridgehead atoms. The summed E-state index contributed by atoms with van der Waals surface area (Å²) in [5.41, 5.74) is 0. The topological polar surface area (TPSA) is 213 Å². The van der Waals surface area contributed by atoms with Crippen molar-refractivity contribution in [2.75, 3.05) is 19.8 Å². The second-order valence-corrected chi connectivity index (χ2v) is 17.2. The molecule has 1 aliphatic carbocycles. The maximum absolute atomic E-state index is 12.8. The van der Waals surface area contributed by atoms with E-state index in [1.165, 1.54) is 70.6 Å². The van der Waals surface area contributed by atoms with Crippen molar-refractivity contribution in [2.24, 2.45) is 0 Å². The minimum absolute atomic E-state index is 0.0904. The van der Waals surface area contributed by atoms with Gasteiger partial charge in [-0.15, -0.1) is 0 Å². The van der Waals surface area contributed by atoms with Gasteiger partial charge in [-0.25, -0.2) is 4.57 Å². The molecule has 7 atom stereocenters. The van der Waals surface area contributed by atoms with E-state index in [4.69, 9.17) is 18.5 Å². The molecule has 344 valence electrons. The first-order valence-corrected chi connectivity index (χ1v) is 24.1. The summed E-state index contributed by atoms with van der Waals surface area (Å²) in [7, 11) is -5.04. The predicted molar refractivity (Wildman–Crippen MR) is 231 cm³/mol. The Morgan fingerprint density at radius 2 is 1.14 bits per heavy atom. The van der Waals surface area contributed by atoms with Crippen molar-refractivity contribution in [3.8, 4) is 0 Å². The highest BCUT2D eigenvalue weighted by Crippen LogP contribution is 2.47. The third-order valence-electron chi connectivity index (χ3n) is 10.3. The number of unbranched alkanes of at least 4 members (excludes halogenated alkanes) is 16. The number of hydrogen-bond donors (Lipinski definition) is 7. The fraction of sp³-hybridized carbons (Fsp3) is 0.800. The molecule has 14 heteroatoms. The van der Waals surface area contributed by atoms with E-state index >= 15 is 0 Å². The Morgan fingerprint density at radius 1 is 0.627 bits per heavy atom. The summed E-state index contributed by atoms with van der Waals surface area (Å²) >= 11 is 0. The Morgan fingerprint density at radius 3 is 1.73 bits per heavy atom. The summed E-state index contributed by atoms with van der Waals surface area (Å²) in [4.78, 5) is 23.1. The molecular weight excluding hydrogens is 779 g/mol. The highest BCUT2D eigenvalue weighted by molar-refractivity contribution is 7.47. The van der Waals surface area contributed by atoms with E-state index in [1.54, 1.807) is 0 Å². The minimum atomic E-state index is -5.04. The third kappa shape index (κ3) is 28.5. The molecule has 1 aliphatic rings. The van der Waals surface area contributed by atoms with Crippen molar-refractivity contribution < 1.29 is 63.4 Å². The van der Waals surface area contributed by atoms with Gasteiger partial charge in [-0.2, -0.15) is 0 Å². The van der Waals surface area contributed by atoms with Crippen LogP contribution in [0.2, 0.25) is 0 Å². The van der Waals surface area contributed by atoms with Gasteiger partial charge in [0.05, 0.1) is 19.3 Å². The van der Waals surface area contributed by atoms with Crippen LogP contribution in [0.15, 0.2) is 48.6 Å². The summed E-state index contributed by atoms with van der Waals surface area (Å²) < 4.78 is 34.1. The number of hydrogen-bond acceptors (Lipinski definition) is 12. The Bertz CT molecular complexity index is 1180. The SMILES string of the molecule is CCCCCCCCCCCCCCCCOCC(COP(=O)(O)OC1C(O)C(O)C(O)C(O)C1O)OC(=O)CCC/C=C\C/C=C\C/C=C\C=C\C(O)CCCCC. The maximum atomic E-state index is 12.8. The molecule has 7 unspecified atom stereocenters. The first kappa shape index (κ1) is 55.3. The van der Waals surface area contributed by atoms with Crippen LogP contribution in [-0.2, 0) is 27.9 Å². The molecule has 0 saturated heterocycles. The second kappa shape index (κ2) is 35.8. The number of allylic oxidation sites excluding steroid dienone is 7. The molecule has 0 spiro atoms. The molecule has 0 heterocycles. The Labute approximate surface area is 355 Å². The number of aliphatic hydroxyl groups is 6. The first-order chi connectivity index (χ1) is 28.4. The molecule has 0 aromatic heterocycles. The minimum Gasteiger partial charge on any atom is -0.457 e. The van der Waals surface area contributed by atoms with Crippen LogP contribution in [0.4, 0.5) is 0 Å². The van der Waals surface area contributed by atoms with E-state index in [1.807, 2.05) is 36.5 Å². The highest BCUT2D eigenvalue weighted by Gasteiger charge is 2.51. The first-order valence-electron chi connectivity index (χ1n) is 22.6. The third-order valence-corrected chi connectivity index (χ3v) is 11.3.